The van der Waals surface area contributed by atoms with Crippen molar-refractivity contribution >= 4 is 11.1 Å². The molecule has 308 valence electrons. The van der Waals surface area contributed by atoms with Crippen molar-refractivity contribution in [3.8, 4) is 0 Å². The minimum atomic E-state index is -0.288. The molecule has 6 aliphatic carbocycles. The summed E-state index contributed by atoms with van der Waals surface area (Å²) in [7, 11) is 0. The molecule has 0 bridgehead atoms. The van der Waals surface area contributed by atoms with Crippen molar-refractivity contribution < 1.29 is 25.5 Å². The zero-order valence-corrected chi connectivity index (χ0v) is 35.3. The minimum Gasteiger partial charge on any atom is -0.396 e. The lowest BCUT2D eigenvalue weighted by molar-refractivity contribution is -0.103. The third-order valence-corrected chi connectivity index (χ3v) is 18.1. The van der Waals surface area contributed by atoms with Gasteiger partial charge in [-0.3, -0.25) is 0 Å². The Kier molecular flexibility index (Phi) is 12.5. The largest absolute Gasteiger partial charge is 0.396 e. The third-order valence-electron chi connectivity index (χ3n) is 18.1. The van der Waals surface area contributed by atoms with E-state index in [2.05, 4.69) is 107 Å². The number of hydrogen-bond acceptors (Lipinski definition) is 5. The van der Waals surface area contributed by atoms with Gasteiger partial charge in [-0.25, -0.2) is 0 Å². The molecular formula is C51H74O5. The predicted molar refractivity (Wildman–Crippen MR) is 228 cm³/mol. The maximum absolute atomic E-state index is 10.6. The number of hydrogen-bond donors (Lipinski definition) is 5. The first-order valence-electron chi connectivity index (χ1n) is 22.5. The Balaban J connectivity index is 0.000000172. The van der Waals surface area contributed by atoms with Crippen LogP contribution >= 0.6 is 0 Å². The van der Waals surface area contributed by atoms with Crippen LogP contribution in [0.15, 0.2) is 72.8 Å². The lowest BCUT2D eigenvalue weighted by Crippen LogP contribution is -2.52. The molecule has 14 atom stereocenters. The molecule has 8 rings (SSSR count). The van der Waals surface area contributed by atoms with Crippen molar-refractivity contribution in [2.24, 2.45) is 74.9 Å². The molecule has 0 saturated heterocycles. The van der Waals surface area contributed by atoms with Crippen molar-refractivity contribution in [2.75, 3.05) is 26.4 Å². The smallest absolute Gasteiger partial charge is 0.0544 e. The molecule has 0 amide bonds. The number of benzene rings is 2. The van der Waals surface area contributed by atoms with Crippen molar-refractivity contribution in [2.45, 2.75) is 118 Å². The molecule has 5 heteroatoms. The normalized spacial score (nSPS) is 43.5. The fourth-order valence-corrected chi connectivity index (χ4v) is 14.6. The average Bonchev–Trinajstić information content (AvgIpc) is 3.76. The van der Waals surface area contributed by atoms with Crippen LogP contribution in [-0.4, -0.2) is 58.1 Å². The molecule has 0 heterocycles. The fourth-order valence-electron chi connectivity index (χ4n) is 14.6. The number of aliphatic hydroxyl groups is 5. The van der Waals surface area contributed by atoms with E-state index in [4.69, 9.17) is 0 Å². The van der Waals surface area contributed by atoms with Crippen LogP contribution in [0.5, 0.6) is 0 Å². The SMILES string of the molecule is C[C@H]1CC[C@](C)([C@H]2CC[C@]3(C)C(c4ccccc4)=CC[C@H]3[C@@H]2CO)[C@@H](CO)C1.C[C@]1([C@H]2CC[C@]3(C)C(c4ccccc4)=CC[C@H]3[C@@H]2CO)CC[C@H](O)C[C@@H]1CO. The van der Waals surface area contributed by atoms with Gasteiger partial charge in [-0.1, -0.05) is 114 Å². The van der Waals surface area contributed by atoms with E-state index in [-0.39, 0.29) is 59.4 Å². The maximum atomic E-state index is 10.6. The van der Waals surface area contributed by atoms with Crippen LogP contribution in [-0.2, 0) is 0 Å². The highest BCUT2D eigenvalue weighted by Crippen LogP contribution is 2.65. The minimum absolute atomic E-state index is 0.00178. The zero-order valence-electron chi connectivity index (χ0n) is 35.3. The maximum Gasteiger partial charge on any atom is 0.0544 e. The summed E-state index contributed by atoms with van der Waals surface area (Å²) in [5, 5.41) is 51.5. The summed E-state index contributed by atoms with van der Waals surface area (Å²) in [5.41, 5.74) is 6.07. The van der Waals surface area contributed by atoms with Crippen LogP contribution in [0.3, 0.4) is 0 Å². The second kappa shape index (κ2) is 16.8. The lowest BCUT2D eigenvalue weighted by Gasteiger charge is -2.57. The van der Waals surface area contributed by atoms with Crippen molar-refractivity contribution in [1.29, 1.82) is 0 Å². The van der Waals surface area contributed by atoms with E-state index >= 15 is 0 Å². The Hall–Kier alpha value is -2.28. The van der Waals surface area contributed by atoms with Gasteiger partial charge in [0.15, 0.2) is 0 Å². The van der Waals surface area contributed by atoms with E-state index in [9.17, 15) is 25.5 Å². The molecule has 0 unspecified atom stereocenters. The molecule has 0 spiro atoms. The molecule has 0 aliphatic heterocycles. The van der Waals surface area contributed by atoms with Crippen LogP contribution in [0.25, 0.3) is 11.1 Å². The van der Waals surface area contributed by atoms with Gasteiger partial charge >= 0.3 is 0 Å². The highest BCUT2D eigenvalue weighted by molar-refractivity contribution is 5.73. The molecule has 2 aromatic carbocycles. The molecule has 6 aliphatic rings. The van der Waals surface area contributed by atoms with Crippen LogP contribution in [0.1, 0.15) is 123 Å². The molecule has 0 aromatic heterocycles. The molecule has 5 N–H and O–H groups in total. The lowest BCUT2D eigenvalue weighted by atomic mass is 9.48. The van der Waals surface area contributed by atoms with E-state index in [1.54, 1.807) is 0 Å². The van der Waals surface area contributed by atoms with Crippen LogP contribution in [0.2, 0.25) is 0 Å². The standard InChI is InChI=1S/C26H38O2.C25H36O3/c1-18-11-13-25(2,20(15-18)16-27)24-12-14-26(3)22(19-7-5-4-6-8-19)9-10-23(26)21(24)17-28;1-24(12-10-19(28)14-18(24)15-26)23-11-13-25(2)21(17-6-4-3-5-7-17)8-9-22(25)20(23)16-27/h4-9,18,20-21,23-24,27-28H,10-17H2,1-3H3;3-8,18-20,22-23,26-28H,9-16H2,1-2H3/t18-,20+,21-,23-,24-,25-,26+;18-,19+,20+,22+,23+,24+,25-/m01/s1. The summed E-state index contributed by atoms with van der Waals surface area (Å²) in [4.78, 5) is 0. The van der Waals surface area contributed by atoms with Crippen LogP contribution in [0.4, 0.5) is 0 Å². The number of rotatable bonds is 8. The Bertz CT molecular complexity index is 1550. The van der Waals surface area contributed by atoms with Gasteiger partial charge in [-0.05, 0) is 168 Å². The summed E-state index contributed by atoms with van der Waals surface area (Å²) in [6.07, 6.45) is 17.3. The molecule has 56 heavy (non-hydrogen) atoms. The average molecular weight is 767 g/mol. The summed E-state index contributed by atoms with van der Waals surface area (Å²) in [6, 6.07) is 21.6. The van der Waals surface area contributed by atoms with E-state index in [0.717, 1.165) is 44.9 Å². The Morgan fingerprint density at radius 3 is 1.38 bits per heavy atom. The summed E-state index contributed by atoms with van der Waals surface area (Å²) in [6.45, 7) is 12.9. The molecule has 0 radical (unpaired) electrons. The van der Waals surface area contributed by atoms with Gasteiger partial charge in [0.2, 0.25) is 0 Å². The summed E-state index contributed by atoms with van der Waals surface area (Å²) < 4.78 is 0. The summed E-state index contributed by atoms with van der Waals surface area (Å²) >= 11 is 0. The van der Waals surface area contributed by atoms with Gasteiger partial charge in [-0.2, -0.15) is 0 Å². The van der Waals surface area contributed by atoms with Gasteiger partial charge in [0, 0.05) is 26.4 Å². The third kappa shape index (κ3) is 7.22. The van der Waals surface area contributed by atoms with Crippen LogP contribution in [0, 0.1) is 74.9 Å². The predicted octanol–water partition coefficient (Wildman–Crippen LogP) is 9.82. The quantitative estimate of drug-likeness (QED) is 0.184. The Morgan fingerprint density at radius 2 is 0.946 bits per heavy atom. The summed E-state index contributed by atoms with van der Waals surface area (Å²) in [5.74, 6) is 3.70. The molecular weight excluding hydrogens is 693 g/mol. The fraction of sp³-hybridized carbons (Fsp3) is 0.686. The van der Waals surface area contributed by atoms with E-state index in [1.165, 1.54) is 48.0 Å². The molecule has 4 fully saturated rings. The zero-order chi connectivity index (χ0) is 39.9. The van der Waals surface area contributed by atoms with Gasteiger partial charge in [-0.15, -0.1) is 0 Å². The molecule has 2 aromatic rings. The Labute approximate surface area is 338 Å². The second-order valence-electron chi connectivity index (χ2n) is 20.5. The monoisotopic (exact) mass is 767 g/mol. The van der Waals surface area contributed by atoms with E-state index in [1.807, 2.05) is 0 Å². The number of fused-ring (bicyclic) bond motifs is 2. The highest BCUT2D eigenvalue weighted by Gasteiger charge is 2.58. The van der Waals surface area contributed by atoms with E-state index < -0.39 is 0 Å². The van der Waals surface area contributed by atoms with Crippen molar-refractivity contribution in [3.05, 3.63) is 83.9 Å². The van der Waals surface area contributed by atoms with Crippen molar-refractivity contribution in [3.63, 3.8) is 0 Å². The van der Waals surface area contributed by atoms with Gasteiger partial charge < -0.3 is 25.5 Å². The number of allylic oxidation sites excluding steroid dienone is 4. The first kappa shape index (κ1) is 41.9. The first-order valence-corrected chi connectivity index (χ1v) is 22.5. The topological polar surface area (TPSA) is 101 Å². The highest BCUT2D eigenvalue weighted by atomic mass is 16.3. The molecule has 4 saturated carbocycles. The van der Waals surface area contributed by atoms with Gasteiger partial charge in [0.1, 0.15) is 0 Å². The Morgan fingerprint density at radius 1 is 0.518 bits per heavy atom. The second-order valence-corrected chi connectivity index (χ2v) is 20.5. The first-order chi connectivity index (χ1) is 26.9. The van der Waals surface area contributed by atoms with Crippen LogP contribution < -0.4 is 0 Å². The van der Waals surface area contributed by atoms with Gasteiger partial charge in [0.05, 0.1) is 6.10 Å². The number of aliphatic hydroxyl groups excluding tert-OH is 5. The van der Waals surface area contributed by atoms with E-state index in [0.29, 0.717) is 54.5 Å². The van der Waals surface area contributed by atoms with Gasteiger partial charge in [0.25, 0.3) is 0 Å². The molecule has 5 nitrogen and oxygen atoms in total. The van der Waals surface area contributed by atoms with Crippen molar-refractivity contribution in [1.82, 2.24) is 0 Å².